The third-order valence-corrected chi connectivity index (χ3v) is 5.16. The zero-order valence-electron chi connectivity index (χ0n) is 12.1. The maximum Gasteiger partial charge on any atom is 0.0895 e. The van der Waals surface area contributed by atoms with Crippen molar-refractivity contribution in [3.63, 3.8) is 0 Å². The van der Waals surface area contributed by atoms with E-state index in [4.69, 9.17) is 0 Å². The summed E-state index contributed by atoms with van der Waals surface area (Å²) in [5, 5.41) is 3.39. The zero-order chi connectivity index (χ0) is 15.2. The molecule has 0 N–H and O–H groups in total. The van der Waals surface area contributed by atoms with E-state index in [1.54, 1.807) is 11.3 Å². The predicted octanol–water partition coefficient (Wildman–Crippen LogP) is 5.06. The van der Waals surface area contributed by atoms with E-state index in [0.717, 1.165) is 27.5 Å². The smallest absolute Gasteiger partial charge is 0.0895 e. The molecule has 1 aromatic carbocycles. The van der Waals surface area contributed by atoms with Gasteiger partial charge >= 0.3 is 0 Å². The SMILES string of the molecule is c1cnc2c(c1)sc1cccc(-c3cc4ccncc4cn3)c12. The van der Waals surface area contributed by atoms with Crippen molar-refractivity contribution in [1.29, 1.82) is 0 Å². The fourth-order valence-corrected chi connectivity index (χ4v) is 4.07. The molecule has 0 amide bonds. The van der Waals surface area contributed by atoms with Crippen molar-refractivity contribution >= 4 is 42.4 Å². The first-order valence-electron chi connectivity index (χ1n) is 7.36. The number of hydrogen-bond acceptors (Lipinski definition) is 4. The molecule has 3 nitrogen and oxygen atoms in total. The van der Waals surface area contributed by atoms with Crippen LogP contribution in [0, 0.1) is 0 Å². The van der Waals surface area contributed by atoms with Crippen LogP contribution < -0.4 is 0 Å². The Hall–Kier alpha value is -2.85. The van der Waals surface area contributed by atoms with Crippen LogP contribution in [0.15, 0.2) is 67.3 Å². The molecule has 0 bridgehead atoms. The fourth-order valence-electron chi connectivity index (χ4n) is 2.98. The average Bonchev–Trinajstić information content (AvgIpc) is 3.00. The lowest BCUT2D eigenvalue weighted by atomic mass is 10.0. The molecule has 108 valence electrons. The van der Waals surface area contributed by atoms with E-state index in [-0.39, 0.29) is 0 Å². The topological polar surface area (TPSA) is 38.7 Å². The molecule has 5 rings (SSSR count). The number of aromatic nitrogens is 3. The number of thiophene rings is 1. The van der Waals surface area contributed by atoms with Gasteiger partial charge in [-0.05, 0) is 35.7 Å². The normalized spacial score (nSPS) is 11.5. The van der Waals surface area contributed by atoms with Gasteiger partial charge in [0.05, 0.1) is 15.9 Å². The monoisotopic (exact) mass is 313 g/mol. The maximum absolute atomic E-state index is 4.65. The van der Waals surface area contributed by atoms with Gasteiger partial charge in [0.2, 0.25) is 0 Å². The Labute approximate surface area is 136 Å². The molecule has 4 heteroatoms. The van der Waals surface area contributed by atoms with Crippen molar-refractivity contribution in [3.8, 4) is 11.3 Å². The van der Waals surface area contributed by atoms with Crippen LogP contribution in [-0.4, -0.2) is 15.0 Å². The summed E-state index contributed by atoms with van der Waals surface area (Å²) in [7, 11) is 0. The second-order valence-electron chi connectivity index (χ2n) is 5.42. The van der Waals surface area contributed by atoms with E-state index in [9.17, 15) is 0 Å². The molecule has 5 aromatic rings. The van der Waals surface area contributed by atoms with Crippen LogP contribution in [0.2, 0.25) is 0 Å². The Morgan fingerprint density at radius 3 is 2.74 bits per heavy atom. The van der Waals surface area contributed by atoms with Gasteiger partial charge in [-0.1, -0.05) is 12.1 Å². The summed E-state index contributed by atoms with van der Waals surface area (Å²) in [6, 6.07) is 14.6. The lowest BCUT2D eigenvalue weighted by molar-refractivity contribution is 1.32. The van der Waals surface area contributed by atoms with E-state index < -0.39 is 0 Å². The molecule has 4 heterocycles. The quantitative estimate of drug-likeness (QED) is 0.434. The molecule has 0 atom stereocenters. The van der Waals surface area contributed by atoms with Crippen LogP contribution in [0.5, 0.6) is 0 Å². The number of nitrogens with zero attached hydrogens (tertiary/aromatic N) is 3. The van der Waals surface area contributed by atoms with Crippen LogP contribution >= 0.6 is 11.3 Å². The van der Waals surface area contributed by atoms with Crippen molar-refractivity contribution < 1.29 is 0 Å². The van der Waals surface area contributed by atoms with Crippen molar-refractivity contribution in [2.45, 2.75) is 0 Å². The van der Waals surface area contributed by atoms with E-state index >= 15 is 0 Å². The summed E-state index contributed by atoms with van der Waals surface area (Å²) in [5.41, 5.74) is 3.16. The minimum atomic E-state index is 0.972. The molecule has 0 aliphatic rings. The zero-order valence-corrected chi connectivity index (χ0v) is 12.9. The molecule has 0 spiro atoms. The van der Waals surface area contributed by atoms with Crippen molar-refractivity contribution in [1.82, 2.24) is 15.0 Å². The number of fused-ring (bicyclic) bond motifs is 4. The van der Waals surface area contributed by atoms with Crippen LogP contribution in [0.25, 0.3) is 42.3 Å². The van der Waals surface area contributed by atoms with Gasteiger partial charge in [-0.2, -0.15) is 0 Å². The standard InChI is InChI=1S/C19H11N3S/c1-3-14(15-9-12-6-8-20-10-13(12)11-22-15)18-16(4-1)23-17-5-2-7-21-19(17)18/h1-11H. The lowest BCUT2D eigenvalue weighted by Crippen LogP contribution is -1.86. The number of benzene rings is 1. The third-order valence-electron chi connectivity index (χ3n) is 4.05. The van der Waals surface area contributed by atoms with Gasteiger partial charge in [-0.15, -0.1) is 11.3 Å². The number of hydrogen-bond donors (Lipinski definition) is 0. The second kappa shape index (κ2) is 4.83. The highest BCUT2D eigenvalue weighted by Gasteiger charge is 2.12. The molecular weight excluding hydrogens is 302 g/mol. The molecule has 0 radical (unpaired) electrons. The molecule has 0 fully saturated rings. The molecule has 0 saturated carbocycles. The van der Waals surface area contributed by atoms with E-state index in [1.807, 2.05) is 36.9 Å². The second-order valence-corrected chi connectivity index (χ2v) is 6.51. The van der Waals surface area contributed by atoms with Gasteiger partial charge in [0.1, 0.15) is 0 Å². The molecule has 23 heavy (non-hydrogen) atoms. The van der Waals surface area contributed by atoms with Gasteiger partial charge in [0, 0.05) is 45.8 Å². The summed E-state index contributed by atoms with van der Waals surface area (Å²) in [4.78, 5) is 13.4. The fraction of sp³-hybridized carbons (Fsp3) is 0. The minimum absolute atomic E-state index is 0.972. The van der Waals surface area contributed by atoms with Gasteiger partial charge in [0.25, 0.3) is 0 Å². The van der Waals surface area contributed by atoms with Crippen LogP contribution in [0.1, 0.15) is 0 Å². The van der Waals surface area contributed by atoms with Crippen molar-refractivity contribution in [2.75, 3.05) is 0 Å². The molecule has 0 unspecified atom stereocenters. The summed E-state index contributed by atoms with van der Waals surface area (Å²) in [5.74, 6) is 0. The van der Waals surface area contributed by atoms with Crippen LogP contribution in [0.4, 0.5) is 0 Å². The van der Waals surface area contributed by atoms with Crippen molar-refractivity contribution in [3.05, 3.63) is 67.3 Å². The highest BCUT2D eigenvalue weighted by molar-refractivity contribution is 7.25. The van der Waals surface area contributed by atoms with Crippen molar-refractivity contribution in [2.24, 2.45) is 0 Å². The summed E-state index contributed by atoms with van der Waals surface area (Å²) < 4.78 is 2.45. The first kappa shape index (κ1) is 12.7. The average molecular weight is 313 g/mol. The van der Waals surface area contributed by atoms with Crippen LogP contribution in [-0.2, 0) is 0 Å². The van der Waals surface area contributed by atoms with E-state index in [2.05, 4.69) is 45.3 Å². The molecule has 0 saturated heterocycles. The largest absolute Gasteiger partial charge is 0.264 e. The highest BCUT2D eigenvalue weighted by Crippen LogP contribution is 2.38. The maximum atomic E-state index is 4.65. The Balaban J connectivity index is 1.87. The Bertz CT molecular complexity index is 1180. The van der Waals surface area contributed by atoms with E-state index in [1.165, 1.54) is 14.8 Å². The summed E-state index contributed by atoms with van der Waals surface area (Å²) >= 11 is 1.77. The Kier molecular flexibility index (Phi) is 2.66. The molecular formula is C19H11N3S. The Morgan fingerprint density at radius 2 is 1.74 bits per heavy atom. The van der Waals surface area contributed by atoms with Gasteiger partial charge in [-0.3, -0.25) is 15.0 Å². The minimum Gasteiger partial charge on any atom is -0.264 e. The van der Waals surface area contributed by atoms with Gasteiger partial charge in [-0.25, -0.2) is 0 Å². The molecule has 0 aliphatic heterocycles. The van der Waals surface area contributed by atoms with E-state index in [0.29, 0.717) is 0 Å². The van der Waals surface area contributed by atoms with Gasteiger partial charge in [0.15, 0.2) is 0 Å². The summed E-state index contributed by atoms with van der Waals surface area (Å²) in [6.45, 7) is 0. The number of rotatable bonds is 1. The highest BCUT2D eigenvalue weighted by atomic mass is 32.1. The number of pyridine rings is 3. The first-order chi connectivity index (χ1) is 11.4. The lowest BCUT2D eigenvalue weighted by Gasteiger charge is -2.05. The molecule has 4 aromatic heterocycles. The molecule has 0 aliphatic carbocycles. The third kappa shape index (κ3) is 1.92. The van der Waals surface area contributed by atoms with Gasteiger partial charge < -0.3 is 0 Å². The Morgan fingerprint density at radius 1 is 0.783 bits per heavy atom. The predicted molar refractivity (Wildman–Crippen MR) is 95.7 cm³/mol. The van der Waals surface area contributed by atoms with Crippen LogP contribution in [0.3, 0.4) is 0 Å². The first-order valence-corrected chi connectivity index (χ1v) is 8.18. The summed E-state index contributed by atoms with van der Waals surface area (Å²) in [6.07, 6.45) is 7.39.